The molecule has 1 saturated heterocycles. The van der Waals surface area contributed by atoms with Crippen LogP contribution in [0.1, 0.15) is 33.6 Å². The van der Waals surface area contributed by atoms with Crippen molar-refractivity contribution in [3.63, 3.8) is 0 Å². The van der Waals surface area contributed by atoms with Gasteiger partial charge in [-0.3, -0.25) is 24.1 Å². The van der Waals surface area contributed by atoms with E-state index in [1.807, 2.05) is 0 Å². The van der Waals surface area contributed by atoms with Crippen molar-refractivity contribution in [1.29, 1.82) is 0 Å². The lowest BCUT2D eigenvalue weighted by atomic mass is 10.1. The molecule has 0 saturated carbocycles. The molecule has 31 heavy (non-hydrogen) atoms. The molecule has 0 aromatic carbocycles. The number of nitrogens with zero attached hydrogens (tertiary/aromatic N) is 1. The van der Waals surface area contributed by atoms with Crippen LogP contribution >= 0.6 is 0 Å². The van der Waals surface area contributed by atoms with Crippen molar-refractivity contribution >= 4 is 41.6 Å². The fourth-order valence-corrected chi connectivity index (χ4v) is 2.42. The first-order chi connectivity index (χ1) is 14.3. The number of aliphatic hydroxyl groups is 1. The number of hydrogen-bond donors (Lipinski definition) is 4. The Labute approximate surface area is 175 Å². The van der Waals surface area contributed by atoms with Crippen molar-refractivity contribution in [2.45, 2.75) is 64.0 Å². The van der Waals surface area contributed by atoms with Crippen LogP contribution < -0.4 is 5.32 Å². The van der Waals surface area contributed by atoms with Crippen LogP contribution in [0.5, 0.6) is 0 Å². The molecule has 1 aliphatic rings. The largest absolute Gasteiger partial charge is 0.479 e. The van der Waals surface area contributed by atoms with Crippen LogP contribution in [-0.4, -0.2) is 92.2 Å². The highest BCUT2D eigenvalue weighted by atomic mass is 16.6. The van der Waals surface area contributed by atoms with Crippen molar-refractivity contribution < 1.29 is 58.4 Å². The normalized spacial score (nSPS) is 19.7. The summed E-state index contributed by atoms with van der Waals surface area (Å²) in [5.74, 6) is -8.83. The van der Waals surface area contributed by atoms with Crippen LogP contribution in [0, 0.1) is 0 Å². The standard InChI is InChI=1S/C17H22N2O12/c1-6(20)13(23)18-9-4-11(21)19(14(9)24)10(17(29)31-8(3)16(27)28)5-12(22)30-7(2)15(25)26/h6-10,20H,4-5H2,1-3H3,(H,18,23)(H,25,26)(H,27,28). The zero-order valence-electron chi connectivity index (χ0n) is 16.8. The topological polar surface area (TPSA) is 214 Å². The first-order valence-electron chi connectivity index (χ1n) is 8.96. The van der Waals surface area contributed by atoms with E-state index in [1.54, 1.807) is 0 Å². The number of nitrogens with one attached hydrogen (secondary N) is 1. The lowest BCUT2D eigenvalue weighted by molar-refractivity contribution is -0.173. The van der Waals surface area contributed by atoms with E-state index in [-0.39, 0.29) is 0 Å². The van der Waals surface area contributed by atoms with Crippen molar-refractivity contribution in [3.05, 3.63) is 0 Å². The zero-order chi connectivity index (χ0) is 24.0. The van der Waals surface area contributed by atoms with E-state index in [0.29, 0.717) is 4.90 Å². The number of amides is 3. The summed E-state index contributed by atoms with van der Waals surface area (Å²) in [4.78, 5) is 83.1. The number of likely N-dealkylation sites (tertiary alicyclic amines) is 1. The Morgan fingerprint density at radius 3 is 2.03 bits per heavy atom. The lowest BCUT2D eigenvalue weighted by Gasteiger charge is -2.25. The van der Waals surface area contributed by atoms with Gasteiger partial charge in [-0.05, 0) is 20.8 Å². The Bertz CT molecular complexity index is 792. The van der Waals surface area contributed by atoms with Crippen LogP contribution in [0.3, 0.4) is 0 Å². The summed E-state index contributed by atoms with van der Waals surface area (Å²) in [7, 11) is 0. The molecule has 3 amide bonds. The number of rotatable bonds is 10. The Morgan fingerprint density at radius 2 is 1.55 bits per heavy atom. The van der Waals surface area contributed by atoms with Crippen LogP contribution in [0.25, 0.3) is 0 Å². The van der Waals surface area contributed by atoms with Crippen molar-refractivity contribution in [2.75, 3.05) is 0 Å². The van der Waals surface area contributed by atoms with Gasteiger partial charge in [-0.2, -0.15) is 0 Å². The summed E-state index contributed by atoms with van der Waals surface area (Å²) in [6.07, 6.45) is -6.41. The Hall–Kier alpha value is -3.55. The number of esters is 2. The van der Waals surface area contributed by atoms with Gasteiger partial charge in [0.15, 0.2) is 12.2 Å². The number of carbonyl (C=O) groups is 7. The summed E-state index contributed by atoms with van der Waals surface area (Å²) in [6.45, 7) is 3.12. The number of carboxylic acid groups (broad SMARTS) is 2. The Balaban J connectivity index is 3.12. The number of ether oxygens (including phenoxy) is 2. The van der Waals surface area contributed by atoms with E-state index in [4.69, 9.17) is 10.2 Å². The highest BCUT2D eigenvalue weighted by molar-refractivity contribution is 6.10. The molecule has 1 aliphatic heterocycles. The maximum Gasteiger partial charge on any atom is 0.344 e. The van der Waals surface area contributed by atoms with Gasteiger partial charge in [0.1, 0.15) is 18.2 Å². The Morgan fingerprint density at radius 1 is 1.03 bits per heavy atom. The van der Waals surface area contributed by atoms with Gasteiger partial charge >= 0.3 is 23.9 Å². The third kappa shape index (κ3) is 6.74. The molecule has 0 bridgehead atoms. The average Bonchev–Trinajstić information content (AvgIpc) is 2.92. The minimum atomic E-state index is -1.97. The predicted molar refractivity (Wildman–Crippen MR) is 94.9 cm³/mol. The van der Waals surface area contributed by atoms with Gasteiger partial charge in [-0.1, -0.05) is 0 Å². The van der Waals surface area contributed by atoms with E-state index in [1.165, 1.54) is 0 Å². The number of hydrogen-bond acceptors (Lipinski definition) is 10. The van der Waals surface area contributed by atoms with Gasteiger partial charge in [0.05, 0.1) is 12.8 Å². The molecule has 0 spiro atoms. The molecule has 1 fully saturated rings. The van der Waals surface area contributed by atoms with Gasteiger partial charge in [0, 0.05) is 0 Å². The molecule has 14 nitrogen and oxygen atoms in total. The maximum absolute atomic E-state index is 12.6. The number of carboxylic acids is 2. The lowest BCUT2D eigenvalue weighted by Crippen LogP contribution is -2.51. The SMILES string of the molecule is CC(O)C(=O)NC1CC(=O)N(C(CC(=O)OC(C)C(=O)O)C(=O)OC(C)C(=O)O)C1=O. The number of aliphatic carboxylic acids is 2. The molecule has 5 atom stereocenters. The van der Waals surface area contributed by atoms with E-state index in [0.717, 1.165) is 20.8 Å². The highest BCUT2D eigenvalue weighted by Gasteiger charge is 2.47. The first kappa shape index (κ1) is 25.5. The molecule has 1 rings (SSSR count). The second-order valence-electron chi connectivity index (χ2n) is 6.65. The maximum atomic E-state index is 12.6. The zero-order valence-corrected chi connectivity index (χ0v) is 16.8. The van der Waals surface area contributed by atoms with Gasteiger partial charge in [0.25, 0.3) is 5.91 Å². The molecule has 172 valence electrons. The third-order valence-electron chi connectivity index (χ3n) is 4.12. The van der Waals surface area contributed by atoms with Crippen LogP contribution in [0.15, 0.2) is 0 Å². The molecule has 0 aromatic heterocycles. The van der Waals surface area contributed by atoms with Crippen LogP contribution in [0.4, 0.5) is 0 Å². The summed E-state index contributed by atoms with van der Waals surface area (Å²) >= 11 is 0. The van der Waals surface area contributed by atoms with Crippen LogP contribution in [-0.2, 0) is 43.0 Å². The quantitative estimate of drug-likeness (QED) is 0.201. The molecule has 0 aliphatic carbocycles. The highest BCUT2D eigenvalue weighted by Crippen LogP contribution is 2.21. The molecular weight excluding hydrogens is 424 g/mol. The molecule has 5 unspecified atom stereocenters. The minimum absolute atomic E-state index is 0.316. The molecule has 14 heteroatoms. The number of imide groups is 1. The first-order valence-corrected chi connectivity index (χ1v) is 8.96. The second kappa shape index (κ2) is 10.5. The molecular formula is C17H22N2O12. The second-order valence-corrected chi connectivity index (χ2v) is 6.65. The number of aliphatic hydroxyl groups excluding tert-OH is 1. The van der Waals surface area contributed by atoms with E-state index < -0.39 is 84.8 Å². The predicted octanol–water partition coefficient (Wildman–Crippen LogP) is -2.60. The van der Waals surface area contributed by atoms with Gasteiger partial charge in [0.2, 0.25) is 11.8 Å². The van der Waals surface area contributed by atoms with Gasteiger partial charge in [-0.15, -0.1) is 0 Å². The molecule has 0 aromatic rings. The van der Waals surface area contributed by atoms with E-state index >= 15 is 0 Å². The van der Waals surface area contributed by atoms with Crippen molar-refractivity contribution in [2.24, 2.45) is 0 Å². The van der Waals surface area contributed by atoms with E-state index in [9.17, 15) is 38.7 Å². The van der Waals surface area contributed by atoms with Crippen LogP contribution in [0.2, 0.25) is 0 Å². The summed E-state index contributed by atoms with van der Waals surface area (Å²) in [5.41, 5.74) is 0. The van der Waals surface area contributed by atoms with Crippen molar-refractivity contribution in [1.82, 2.24) is 10.2 Å². The number of carbonyl (C=O) groups excluding carboxylic acids is 5. The fraction of sp³-hybridized carbons (Fsp3) is 0.588. The molecule has 0 radical (unpaired) electrons. The smallest absolute Gasteiger partial charge is 0.344 e. The van der Waals surface area contributed by atoms with Gasteiger partial charge < -0.3 is 30.1 Å². The Kier molecular flexibility index (Phi) is 8.61. The monoisotopic (exact) mass is 446 g/mol. The van der Waals surface area contributed by atoms with Crippen molar-refractivity contribution in [3.8, 4) is 0 Å². The molecule has 4 N–H and O–H groups in total. The summed E-state index contributed by atoms with van der Waals surface area (Å²) < 4.78 is 9.24. The third-order valence-corrected chi connectivity index (χ3v) is 4.12. The summed E-state index contributed by atoms with van der Waals surface area (Å²) in [6, 6.07) is -3.42. The van der Waals surface area contributed by atoms with Gasteiger partial charge in [-0.25, -0.2) is 14.4 Å². The van der Waals surface area contributed by atoms with E-state index in [2.05, 4.69) is 14.8 Å². The average molecular weight is 446 g/mol. The summed E-state index contributed by atoms with van der Waals surface area (Å²) in [5, 5.41) is 29.0. The molecule has 1 heterocycles. The minimum Gasteiger partial charge on any atom is -0.479 e. The fourth-order valence-electron chi connectivity index (χ4n) is 2.42.